The zero-order chi connectivity index (χ0) is 25.9. The Kier molecular flexibility index (Phi) is 5.21. The molecule has 0 radical (unpaired) electrons. The van der Waals surface area contributed by atoms with E-state index in [-0.39, 0.29) is 19.4 Å². The molecule has 0 amide bonds. The van der Waals surface area contributed by atoms with E-state index in [1.54, 1.807) is 27.7 Å². The normalized spacial score (nSPS) is 52.0. The van der Waals surface area contributed by atoms with E-state index in [1.807, 2.05) is 0 Å². The zero-order valence-corrected chi connectivity index (χ0v) is 20.6. The number of hydrogen-bond donors (Lipinski definition) is 4. The molecule has 10 heteroatoms. The Balaban J connectivity index is 1.69. The molecular formula is C25H34O10. The Morgan fingerprint density at radius 1 is 1.31 bits per heavy atom. The predicted molar refractivity (Wildman–Crippen MR) is 117 cm³/mol. The van der Waals surface area contributed by atoms with Crippen LogP contribution in [-0.2, 0) is 28.6 Å². The molecular weight excluding hydrogens is 460 g/mol. The number of aliphatic hydroxyl groups is 4. The van der Waals surface area contributed by atoms with Gasteiger partial charge in [0.15, 0.2) is 17.2 Å². The second-order valence-corrected chi connectivity index (χ2v) is 11.6. The minimum absolute atomic E-state index is 0.0510. The summed E-state index contributed by atoms with van der Waals surface area (Å²) in [4.78, 5) is 38.8. The SMILES string of the molecule is CCC(C)(O)C(=O)O[C@H]1C(=O)O[C@@H]2C[C@H]3C(C)=CC(=O)[C@@H](O)[C@]3(C)[C@H]3[C@@]4(O)OC[C@]32[C@@H]1[C@@H](C)[C@H]4O. The van der Waals surface area contributed by atoms with Crippen molar-refractivity contribution < 1.29 is 49.0 Å². The van der Waals surface area contributed by atoms with Gasteiger partial charge >= 0.3 is 11.9 Å². The van der Waals surface area contributed by atoms with Gasteiger partial charge in [0.1, 0.15) is 18.3 Å². The average Bonchev–Trinajstić information content (AvgIpc) is 3.08. The predicted octanol–water partition coefficient (Wildman–Crippen LogP) is -0.151. The summed E-state index contributed by atoms with van der Waals surface area (Å²) < 4.78 is 17.4. The van der Waals surface area contributed by atoms with Crippen LogP contribution in [0.15, 0.2) is 11.6 Å². The fraction of sp³-hybridized carbons (Fsp3) is 0.800. The van der Waals surface area contributed by atoms with Crippen LogP contribution in [0.4, 0.5) is 0 Å². The highest BCUT2D eigenvalue weighted by atomic mass is 16.7. The number of hydrogen-bond acceptors (Lipinski definition) is 10. The first-order valence-corrected chi connectivity index (χ1v) is 12.3. The lowest BCUT2D eigenvalue weighted by atomic mass is 9.38. The number of carbonyl (C=O) groups is 3. The summed E-state index contributed by atoms with van der Waals surface area (Å²) in [5.74, 6) is -7.47. The van der Waals surface area contributed by atoms with Crippen molar-refractivity contribution in [2.24, 2.45) is 34.5 Å². The molecule has 1 spiro atoms. The van der Waals surface area contributed by atoms with Gasteiger partial charge in [0.2, 0.25) is 6.10 Å². The highest BCUT2D eigenvalue weighted by Gasteiger charge is 2.83. The molecule has 2 saturated heterocycles. The summed E-state index contributed by atoms with van der Waals surface area (Å²) in [7, 11) is 0. The van der Waals surface area contributed by atoms with Gasteiger partial charge in [-0.25, -0.2) is 9.59 Å². The molecule has 5 rings (SSSR count). The van der Waals surface area contributed by atoms with Gasteiger partial charge in [-0.2, -0.15) is 0 Å². The molecule has 0 aromatic carbocycles. The zero-order valence-electron chi connectivity index (χ0n) is 20.6. The van der Waals surface area contributed by atoms with Gasteiger partial charge in [-0.3, -0.25) is 4.79 Å². The highest BCUT2D eigenvalue weighted by molar-refractivity contribution is 5.96. The summed E-state index contributed by atoms with van der Waals surface area (Å²) in [5, 5.41) is 44.8. The van der Waals surface area contributed by atoms with E-state index in [0.29, 0.717) is 5.57 Å². The third-order valence-corrected chi connectivity index (χ3v) is 9.99. The second-order valence-electron chi connectivity index (χ2n) is 11.6. The summed E-state index contributed by atoms with van der Waals surface area (Å²) in [6.07, 6.45) is -3.51. The van der Waals surface area contributed by atoms with Crippen LogP contribution in [0.3, 0.4) is 0 Å². The Labute approximate surface area is 203 Å². The van der Waals surface area contributed by atoms with E-state index in [4.69, 9.17) is 14.2 Å². The van der Waals surface area contributed by atoms with Crippen LogP contribution in [-0.4, -0.2) is 80.6 Å². The molecule has 2 heterocycles. The Hall–Kier alpha value is -1.85. The largest absolute Gasteiger partial charge is 0.459 e. The van der Waals surface area contributed by atoms with E-state index in [9.17, 15) is 34.8 Å². The van der Waals surface area contributed by atoms with Crippen molar-refractivity contribution in [3.05, 3.63) is 11.6 Å². The number of esters is 2. The van der Waals surface area contributed by atoms with Crippen molar-refractivity contribution in [2.45, 2.75) is 83.3 Å². The Morgan fingerprint density at radius 2 is 1.97 bits per heavy atom. The molecule has 0 aromatic heterocycles. The van der Waals surface area contributed by atoms with Crippen molar-refractivity contribution >= 4 is 17.7 Å². The van der Waals surface area contributed by atoms with E-state index < -0.39 is 88.0 Å². The van der Waals surface area contributed by atoms with Crippen molar-refractivity contribution in [3.63, 3.8) is 0 Å². The van der Waals surface area contributed by atoms with Crippen molar-refractivity contribution in [1.29, 1.82) is 0 Å². The standard InChI is InChI=1S/C25H34O10/c1-6-22(4,31)21(30)35-16-15-11(3)17(27)25(32)20-23(5)12(10(2)7-13(26)18(23)28)8-14(34-19(16)29)24(15,20)9-33-25/h7,11-12,14-18,20,27-28,31-32H,6,8-9H2,1-5H3/t11-,12+,14-,15-,16-,17-,18-,20-,22?,23-,24+,25+/m1/s1. The molecule has 2 aliphatic heterocycles. The van der Waals surface area contributed by atoms with Crippen molar-refractivity contribution in [3.8, 4) is 0 Å². The number of rotatable bonds is 3. The first kappa shape index (κ1) is 24.8. The smallest absolute Gasteiger partial charge is 0.348 e. The van der Waals surface area contributed by atoms with Gasteiger partial charge in [0, 0.05) is 22.7 Å². The number of ether oxygens (including phenoxy) is 3. The van der Waals surface area contributed by atoms with Gasteiger partial charge in [0.25, 0.3) is 0 Å². The minimum atomic E-state index is -2.12. The Bertz CT molecular complexity index is 1020. The fourth-order valence-corrected chi connectivity index (χ4v) is 8.12. The molecule has 1 unspecified atom stereocenters. The molecule has 4 fully saturated rings. The molecule has 2 saturated carbocycles. The van der Waals surface area contributed by atoms with Gasteiger partial charge in [-0.15, -0.1) is 0 Å². The first-order chi connectivity index (χ1) is 16.2. The third-order valence-electron chi connectivity index (χ3n) is 9.99. The molecule has 3 aliphatic carbocycles. The number of allylic oxidation sites excluding steroid dienone is 1. The minimum Gasteiger partial charge on any atom is -0.459 e. The van der Waals surface area contributed by atoms with E-state index in [1.165, 1.54) is 13.0 Å². The summed E-state index contributed by atoms with van der Waals surface area (Å²) >= 11 is 0. The molecule has 12 atom stereocenters. The van der Waals surface area contributed by atoms with Crippen LogP contribution in [0.2, 0.25) is 0 Å². The van der Waals surface area contributed by atoms with Crippen LogP contribution in [0.5, 0.6) is 0 Å². The molecule has 194 valence electrons. The lowest BCUT2D eigenvalue weighted by molar-refractivity contribution is -0.340. The van der Waals surface area contributed by atoms with Gasteiger partial charge in [-0.05, 0) is 44.6 Å². The van der Waals surface area contributed by atoms with E-state index in [2.05, 4.69) is 0 Å². The first-order valence-electron chi connectivity index (χ1n) is 12.3. The maximum Gasteiger partial charge on any atom is 0.348 e. The Morgan fingerprint density at radius 3 is 2.60 bits per heavy atom. The monoisotopic (exact) mass is 494 g/mol. The number of carbonyl (C=O) groups excluding carboxylic acids is 3. The number of ketones is 1. The lowest BCUT2D eigenvalue weighted by Crippen LogP contribution is -2.78. The molecule has 5 aliphatic rings. The molecule has 4 N–H and O–H groups in total. The highest BCUT2D eigenvalue weighted by Crippen LogP contribution is 2.73. The molecule has 0 aromatic rings. The summed E-state index contributed by atoms with van der Waals surface area (Å²) in [6, 6.07) is 0. The quantitative estimate of drug-likeness (QED) is 0.389. The number of aliphatic hydroxyl groups excluding tert-OH is 2. The molecule has 10 nitrogen and oxygen atoms in total. The van der Waals surface area contributed by atoms with Crippen LogP contribution >= 0.6 is 0 Å². The van der Waals surface area contributed by atoms with Gasteiger partial charge in [0.05, 0.1) is 6.61 Å². The second kappa shape index (κ2) is 7.35. The molecule has 35 heavy (non-hydrogen) atoms. The average molecular weight is 495 g/mol. The maximum absolute atomic E-state index is 13.3. The summed E-state index contributed by atoms with van der Waals surface area (Å²) in [6.45, 7) is 7.88. The van der Waals surface area contributed by atoms with Crippen molar-refractivity contribution in [1.82, 2.24) is 0 Å². The van der Waals surface area contributed by atoms with E-state index in [0.717, 1.165) is 0 Å². The molecule has 2 bridgehead atoms. The van der Waals surface area contributed by atoms with Gasteiger partial charge < -0.3 is 34.6 Å². The van der Waals surface area contributed by atoms with Crippen LogP contribution < -0.4 is 0 Å². The third kappa shape index (κ3) is 2.80. The van der Waals surface area contributed by atoms with Crippen LogP contribution in [0.25, 0.3) is 0 Å². The summed E-state index contributed by atoms with van der Waals surface area (Å²) in [5.41, 5.74) is -3.54. The number of fused-ring (bicyclic) bond motifs is 1. The van der Waals surface area contributed by atoms with E-state index >= 15 is 0 Å². The fourth-order valence-electron chi connectivity index (χ4n) is 8.12. The van der Waals surface area contributed by atoms with Crippen LogP contribution in [0, 0.1) is 34.5 Å². The van der Waals surface area contributed by atoms with Crippen molar-refractivity contribution in [2.75, 3.05) is 6.61 Å². The van der Waals surface area contributed by atoms with Crippen LogP contribution in [0.1, 0.15) is 47.5 Å². The van der Waals surface area contributed by atoms with Gasteiger partial charge in [-0.1, -0.05) is 26.3 Å². The maximum atomic E-state index is 13.3. The topological polar surface area (TPSA) is 160 Å². The lowest BCUT2D eigenvalue weighted by Gasteiger charge is -2.68.